The zero-order chi connectivity index (χ0) is 20.6. The van der Waals surface area contributed by atoms with Gasteiger partial charge in [-0.1, -0.05) is 24.3 Å². The molecule has 1 aliphatic heterocycles. The van der Waals surface area contributed by atoms with Crippen LogP contribution in [0.4, 0.5) is 5.69 Å². The van der Waals surface area contributed by atoms with E-state index in [2.05, 4.69) is 10.4 Å². The molecule has 1 aromatic carbocycles. The Morgan fingerprint density at radius 1 is 1.21 bits per heavy atom. The van der Waals surface area contributed by atoms with Gasteiger partial charge in [-0.25, -0.2) is 8.42 Å². The lowest BCUT2D eigenvalue weighted by Crippen LogP contribution is -2.30. The van der Waals surface area contributed by atoms with Crippen molar-refractivity contribution < 1.29 is 13.2 Å². The second kappa shape index (κ2) is 7.64. The number of fused-ring (bicyclic) bond motifs is 1. The van der Waals surface area contributed by atoms with Gasteiger partial charge in [0, 0.05) is 11.4 Å². The van der Waals surface area contributed by atoms with E-state index in [9.17, 15) is 13.2 Å². The molecule has 0 bridgehead atoms. The Balaban J connectivity index is 1.56. The fourth-order valence-electron chi connectivity index (χ4n) is 3.67. The summed E-state index contributed by atoms with van der Waals surface area (Å²) in [4.78, 5) is 13.6. The standard InChI is InChI=1S/C20H22N4O3S2/c1-14-20(29(26,27)24-10-9-16-6-3-4-8-18(16)24)15(2)23(22-14)13-19(25)21-12-17-7-5-11-28-17/h3-8,11H,9-10,12-13H2,1-2H3,(H,21,25). The van der Waals surface area contributed by atoms with Gasteiger partial charge in [-0.3, -0.25) is 13.8 Å². The Kier molecular flexibility index (Phi) is 5.18. The van der Waals surface area contributed by atoms with Crippen LogP contribution in [-0.4, -0.2) is 30.7 Å². The molecule has 0 atom stereocenters. The molecule has 2 aromatic heterocycles. The Bertz CT molecular complexity index is 1150. The van der Waals surface area contributed by atoms with Gasteiger partial charge in [0.15, 0.2) is 0 Å². The van der Waals surface area contributed by atoms with E-state index in [1.54, 1.807) is 25.2 Å². The summed E-state index contributed by atoms with van der Waals surface area (Å²) in [7, 11) is -3.76. The Morgan fingerprint density at radius 3 is 2.76 bits per heavy atom. The molecule has 0 saturated carbocycles. The number of hydrogen-bond donors (Lipinski definition) is 1. The molecule has 3 aromatic rings. The van der Waals surface area contributed by atoms with Crippen molar-refractivity contribution in [1.82, 2.24) is 15.1 Å². The summed E-state index contributed by atoms with van der Waals surface area (Å²) in [6, 6.07) is 11.4. The van der Waals surface area contributed by atoms with Crippen LogP contribution in [0.25, 0.3) is 0 Å². The minimum Gasteiger partial charge on any atom is -0.350 e. The summed E-state index contributed by atoms with van der Waals surface area (Å²) < 4.78 is 29.7. The molecular weight excluding hydrogens is 408 g/mol. The maximum absolute atomic E-state index is 13.4. The van der Waals surface area contributed by atoms with Crippen LogP contribution < -0.4 is 9.62 Å². The van der Waals surface area contributed by atoms with Crippen LogP contribution in [0.2, 0.25) is 0 Å². The molecule has 3 heterocycles. The largest absolute Gasteiger partial charge is 0.350 e. The smallest absolute Gasteiger partial charge is 0.268 e. The fraction of sp³-hybridized carbons (Fsp3) is 0.300. The highest BCUT2D eigenvalue weighted by atomic mass is 32.2. The maximum Gasteiger partial charge on any atom is 0.268 e. The highest BCUT2D eigenvalue weighted by Crippen LogP contribution is 2.34. The fourth-order valence-corrected chi connectivity index (χ4v) is 6.19. The predicted octanol–water partition coefficient (Wildman–Crippen LogP) is 2.63. The molecule has 0 unspecified atom stereocenters. The lowest BCUT2D eigenvalue weighted by Gasteiger charge is -2.19. The summed E-state index contributed by atoms with van der Waals surface area (Å²) >= 11 is 1.57. The van der Waals surface area contributed by atoms with Crippen molar-refractivity contribution in [2.24, 2.45) is 0 Å². The van der Waals surface area contributed by atoms with E-state index in [0.29, 0.717) is 36.6 Å². The van der Waals surface area contributed by atoms with E-state index in [1.165, 1.54) is 8.99 Å². The zero-order valence-electron chi connectivity index (χ0n) is 16.3. The lowest BCUT2D eigenvalue weighted by molar-refractivity contribution is -0.122. The monoisotopic (exact) mass is 430 g/mol. The van der Waals surface area contributed by atoms with Crippen molar-refractivity contribution in [3.8, 4) is 0 Å². The topological polar surface area (TPSA) is 84.3 Å². The number of amides is 1. The molecule has 0 saturated heterocycles. The molecule has 0 radical (unpaired) electrons. The van der Waals surface area contributed by atoms with Gasteiger partial charge in [0.25, 0.3) is 10.0 Å². The summed E-state index contributed by atoms with van der Waals surface area (Å²) in [5.41, 5.74) is 2.61. The number of hydrogen-bond acceptors (Lipinski definition) is 5. The van der Waals surface area contributed by atoms with Crippen molar-refractivity contribution in [1.29, 1.82) is 0 Å². The molecule has 0 spiro atoms. The van der Waals surface area contributed by atoms with Gasteiger partial charge >= 0.3 is 0 Å². The van der Waals surface area contributed by atoms with Gasteiger partial charge in [-0.2, -0.15) is 5.10 Å². The van der Waals surface area contributed by atoms with Crippen molar-refractivity contribution >= 4 is 33.0 Å². The van der Waals surface area contributed by atoms with Crippen LogP contribution >= 0.6 is 11.3 Å². The SMILES string of the molecule is Cc1nn(CC(=O)NCc2cccs2)c(C)c1S(=O)(=O)N1CCc2ccccc21. The molecule has 152 valence electrons. The first kappa shape index (κ1) is 19.7. The van der Waals surface area contributed by atoms with Gasteiger partial charge in [0.1, 0.15) is 11.4 Å². The molecule has 1 amide bonds. The van der Waals surface area contributed by atoms with Crippen molar-refractivity contribution in [2.45, 2.75) is 38.3 Å². The first-order chi connectivity index (χ1) is 13.9. The number of carbonyl (C=O) groups is 1. The van der Waals surface area contributed by atoms with Crippen LogP contribution in [0.5, 0.6) is 0 Å². The number of aryl methyl sites for hydroxylation is 1. The van der Waals surface area contributed by atoms with Crippen molar-refractivity contribution in [3.05, 3.63) is 63.6 Å². The molecule has 1 aliphatic rings. The molecule has 9 heteroatoms. The number of nitrogens with zero attached hydrogens (tertiary/aromatic N) is 3. The van der Waals surface area contributed by atoms with Gasteiger partial charge in [0.05, 0.1) is 23.6 Å². The number of benzene rings is 1. The number of sulfonamides is 1. The number of thiophene rings is 1. The third-order valence-corrected chi connectivity index (χ3v) is 7.98. The Labute approximate surface area is 174 Å². The van der Waals surface area contributed by atoms with E-state index in [-0.39, 0.29) is 17.3 Å². The van der Waals surface area contributed by atoms with Crippen molar-refractivity contribution in [3.63, 3.8) is 0 Å². The quantitative estimate of drug-likeness (QED) is 0.652. The molecule has 29 heavy (non-hydrogen) atoms. The summed E-state index contributed by atoms with van der Waals surface area (Å²) in [6.07, 6.45) is 0.687. The summed E-state index contributed by atoms with van der Waals surface area (Å²) in [5, 5.41) is 9.14. The van der Waals surface area contributed by atoms with Crippen LogP contribution in [0.3, 0.4) is 0 Å². The number of para-hydroxylation sites is 1. The number of rotatable bonds is 6. The maximum atomic E-state index is 13.4. The number of anilines is 1. The molecular formula is C20H22N4O3S2. The molecule has 4 rings (SSSR count). The van der Waals surface area contributed by atoms with E-state index in [4.69, 9.17) is 0 Å². The highest BCUT2D eigenvalue weighted by Gasteiger charge is 2.35. The first-order valence-electron chi connectivity index (χ1n) is 9.31. The molecule has 0 aliphatic carbocycles. The van der Waals surface area contributed by atoms with E-state index >= 15 is 0 Å². The molecule has 7 nitrogen and oxygen atoms in total. The van der Waals surface area contributed by atoms with Crippen molar-refractivity contribution in [2.75, 3.05) is 10.8 Å². The number of aromatic nitrogens is 2. The normalized spacial score (nSPS) is 13.5. The summed E-state index contributed by atoms with van der Waals surface area (Å²) in [5.74, 6) is -0.209. The van der Waals surface area contributed by atoms with Gasteiger partial charge in [-0.05, 0) is 43.3 Å². The van der Waals surface area contributed by atoms with Gasteiger partial charge < -0.3 is 5.32 Å². The van der Waals surface area contributed by atoms with E-state index in [0.717, 1.165) is 10.4 Å². The Hall–Kier alpha value is -2.65. The second-order valence-electron chi connectivity index (χ2n) is 6.97. The first-order valence-corrected chi connectivity index (χ1v) is 11.6. The zero-order valence-corrected chi connectivity index (χ0v) is 17.9. The van der Waals surface area contributed by atoms with Crippen LogP contribution in [0.1, 0.15) is 21.8 Å². The second-order valence-corrected chi connectivity index (χ2v) is 9.80. The predicted molar refractivity (Wildman–Crippen MR) is 113 cm³/mol. The summed E-state index contributed by atoms with van der Waals surface area (Å²) in [6.45, 7) is 4.20. The van der Waals surface area contributed by atoms with Gasteiger partial charge in [-0.15, -0.1) is 11.3 Å². The average molecular weight is 431 g/mol. The average Bonchev–Trinajstić information content (AvgIpc) is 3.40. The van der Waals surface area contributed by atoms with Crippen LogP contribution in [-0.2, 0) is 34.3 Å². The molecule has 0 fully saturated rings. The molecule has 1 N–H and O–H groups in total. The third-order valence-electron chi connectivity index (χ3n) is 5.04. The van der Waals surface area contributed by atoms with Crippen LogP contribution in [0, 0.1) is 13.8 Å². The lowest BCUT2D eigenvalue weighted by atomic mass is 10.2. The number of carbonyl (C=O) groups excluding carboxylic acids is 1. The minimum atomic E-state index is -3.76. The number of nitrogens with one attached hydrogen (secondary N) is 1. The van der Waals surface area contributed by atoms with E-state index < -0.39 is 10.0 Å². The van der Waals surface area contributed by atoms with Crippen LogP contribution in [0.15, 0.2) is 46.7 Å². The Morgan fingerprint density at radius 2 is 2.00 bits per heavy atom. The van der Waals surface area contributed by atoms with Gasteiger partial charge in [0.2, 0.25) is 5.91 Å². The minimum absolute atomic E-state index is 0.0237. The van der Waals surface area contributed by atoms with E-state index in [1.807, 2.05) is 41.8 Å². The third kappa shape index (κ3) is 3.67. The highest BCUT2D eigenvalue weighted by molar-refractivity contribution is 7.93.